The Morgan fingerprint density at radius 3 is 2.24 bits per heavy atom. The van der Waals surface area contributed by atoms with Gasteiger partial charge in [0, 0.05) is 29.8 Å². The van der Waals surface area contributed by atoms with Crippen molar-refractivity contribution in [3.8, 4) is 0 Å². The molecule has 8 heteroatoms. The number of hydrogen-bond donors (Lipinski definition) is 3. The van der Waals surface area contributed by atoms with E-state index in [1.165, 1.54) is 5.56 Å². The fourth-order valence-electron chi connectivity index (χ4n) is 3.59. The molecule has 3 aromatic rings. The molecule has 0 saturated heterocycles. The molecule has 0 bridgehead atoms. The van der Waals surface area contributed by atoms with E-state index >= 15 is 0 Å². The molecule has 3 rings (SSSR count). The van der Waals surface area contributed by atoms with Gasteiger partial charge in [-0.1, -0.05) is 48.5 Å². The molecular weight excluding hydrogens is 486 g/mol. The summed E-state index contributed by atoms with van der Waals surface area (Å²) >= 11 is 5.23. The molecule has 0 heterocycles. The van der Waals surface area contributed by atoms with Crippen molar-refractivity contribution in [1.82, 2.24) is 5.32 Å². The van der Waals surface area contributed by atoms with Gasteiger partial charge in [-0.2, -0.15) is 0 Å². The first-order chi connectivity index (χ1) is 17.9. The summed E-state index contributed by atoms with van der Waals surface area (Å²) in [6.07, 6.45) is 2.32. The molecule has 0 saturated carbocycles. The van der Waals surface area contributed by atoms with Gasteiger partial charge < -0.3 is 20.7 Å². The number of aryl methyl sites for hydroxylation is 2. The molecule has 0 unspecified atom stereocenters. The van der Waals surface area contributed by atoms with Crippen molar-refractivity contribution in [2.24, 2.45) is 0 Å². The van der Waals surface area contributed by atoms with Crippen molar-refractivity contribution in [3.05, 3.63) is 95.6 Å². The number of carbonyl (C=O) groups excluding carboxylic acids is 3. The molecule has 192 valence electrons. The quantitative estimate of drug-likeness (QED) is 0.179. The Balaban J connectivity index is 1.32. The van der Waals surface area contributed by atoms with Gasteiger partial charge in [0.2, 0.25) is 5.91 Å². The van der Waals surface area contributed by atoms with Crippen LogP contribution in [0.4, 0.5) is 11.4 Å². The maximum Gasteiger partial charge on any atom is 0.305 e. The van der Waals surface area contributed by atoms with Crippen molar-refractivity contribution >= 4 is 46.5 Å². The van der Waals surface area contributed by atoms with Crippen LogP contribution in [0.25, 0.3) is 0 Å². The van der Waals surface area contributed by atoms with Gasteiger partial charge in [-0.05, 0) is 79.9 Å². The molecule has 0 aliphatic rings. The lowest BCUT2D eigenvalue weighted by atomic mass is 10.1. The molecule has 0 aliphatic carbocycles. The predicted octanol–water partition coefficient (Wildman–Crippen LogP) is 5.41. The first-order valence-electron chi connectivity index (χ1n) is 12.2. The molecule has 2 amide bonds. The van der Waals surface area contributed by atoms with Crippen LogP contribution in [0.3, 0.4) is 0 Å². The molecule has 3 aromatic carbocycles. The number of hydrogen-bond acceptors (Lipinski definition) is 5. The van der Waals surface area contributed by atoms with Gasteiger partial charge in [-0.3, -0.25) is 14.4 Å². The smallest absolute Gasteiger partial charge is 0.305 e. The predicted molar refractivity (Wildman–Crippen MR) is 150 cm³/mol. The van der Waals surface area contributed by atoms with E-state index in [1.54, 1.807) is 24.3 Å². The van der Waals surface area contributed by atoms with Crippen molar-refractivity contribution in [3.63, 3.8) is 0 Å². The maximum absolute atomic E-state index is 12.4. The van der Waals surface area contributed by atoms with Gasteiger partial charge in [0.05, 0.1) is 6.61 Å². The number of benzene rings is 3. The second-order valence-corrected chi connectivity index (χ2v) is 8.92. The van der Waals surface area contributed by atoms with Crippen LogP contribution in [0, 0.1) is 6.92 Å². The van der Waals surface area contributed by atoms with E-state index in [4.69, 9.17) is 17.0 Å². The third-order valence-electron chi connectivity index (χ3n) is 5.52. The molecule has 0 spiro atoms. The third kappa shape index (κ3) is 9.85. The number of carbonyl (C=O) groups is 3. The Hall–Kier alpha value is -4.04. The molecular formula is C29H31N3O4S. The topological polar surface area (TPSA) is 96.5 Å². The summed E-state index contributed by atoms with van der Waals surface area (Å²) < 4.78 is 5.24. The minimum absolute atomic E-state index is 0.157. The lowest BCUT2D eigenvalue weighted by Crippen LogP contribution is -2.34. The molecule has 7 nitrogen and oxygen atoms in total. The van der Waals surface area contributed by atoms with Crippen molar-refractivity contribution in [2.75, 3.05) is 17.2 Å². The summed E-state index contributed by atoms with van der Waals surface area (Å²) in [5.74, 6) is -0.780. The highest BCUT2D eigenvalue weighted by atomic mass is 32.1. The fourth-order valence-corrected chi connectivity index (χ4v) is 3.82. The SMILES string of the molecule is Cc1cc(NC(=S)NC(=O)CCCC(=O)OCCCc2ccccc2)ccc1NC(=O)c1ccccc1. The van der Waals surface area contributed by atoms with Crippen LogP contribution in [0.5, 0.6) is 0 Å². The Labute approximate surface area is 222 Å². The highest BCUT2D eigenvalue weighted by molar-refractivity contribution is 7.80. The summed E-state index contributed by atoms with van der Waals surface area (Å²) in [4.78, 5) is 36.4. The van der Waals surface area contributed by atoms with Gasteiger partial charge in [0.25, 0.3) is 5.91 Å². The number of ether oxygens (including phenoxy) is 1. The Morgan fingerprint density at radius 1 is 0.838 bits per heavy atom. The van der Waals surface area contributed by atoms with E-state index in [-0.39, 0.29) is 35.7 Å². The minimum atomic E-state index is -0.309. The summed E-state index contributed by atoms with van der Waals surface area (Å²) in [7, 11) is 0. The minimum Gasteiger partial charge on any atom is -0.466 e. The molecule has 0 aliphatic heterocycles. The zero-order chi connectivity index (χ0) is 26.5. The maximum atomic E-state index is 12.4. The van der Waals surface area contributed by atoms with Crippen LogP contribution < -0.4 is 16.0 Å². The second kappa shape index (κ2) is 14.5. The van der Waals surface area contributed by atoms with Gasteiger partial charge in [0.15, 0.2) is 5.11 Å². The van der Waals surface area contributed by atoms with Crippen molar-refractivity contribution in [1.29, 1.82) is 0 Å². The van der Waals surface area contributed by atoms with Crippen LogP contribution in [0.15, 0.2) is 78.9 Å². The van der Waals surface area contributed by atoms with E-state index in [0.717, 1.165) is 18.4 Å². The molecule has 3 N–H and O–H groups in total. The lowest BCUT2D eigenvalue weighted by Gasteiger charge is -2.13. The highest BCUT2D eigenvalue weighted by Gasteiger charge is 2.10. The van der Waals surface area contributed by atoms with E-state index < -0.39 is 0 Å². The molecule has 0 atom stereocenters. The summed E-state index contributed by atoms with van der Waals surface area (Å²) in [5.41, 5.74) is 3.98. The molecule has 37 heavy (non-hydrogen) atoms. The zero-order valence-corrected chi connectivity index (χ0v) is 21.6. The monoisotopic (exact) mass is 517 g/mol. The highest BCUT2D eigenvalue weighted by Crippen LogP contribution is 2.20. The number of esters is 1. The Morgan fingerprint density at radius 2 is 1.54 bits per heavy atom. The average Bonchev–Trinajstić information content (AvgIpc) is 2.89. The largest absolute Gasteiger partial charge is 0.466 e. The third-order valence-corrected chi connectivity index (χ3v) is 5.73. The number of anilines is 2. The van der Waals surface area contributed by atoms with Crippen LogP contribution in [0.2, 0.25) is 0 Å². The van der Waals surface area contributed by atoms with E-state index in [1.807, 2.05) is 61.5 Å². The second-order valence-electron chi connectivity index (χ2n) is 8.52. The molecule has 0 radical (unpaired) electrons. The van der Waals surface area contributed by atoms with Crippen molar-refractivity contribution in [2.45, 2.75) is 39.0 Å². The zero-order valence-electron chi connectivity index (χ0n) is 20.8. The van der Waals surface area contributed by atoms with Gasteiger partial charge in [0.1, 0.15) is 0 Å². The number of amides is 2. The van der Waals surface area contributed by atoms with Crippen LogP contribution in [0.1, 0.15) is 47.2 Å². The van der Waals surface area contributed by atoms with Crippen LogP contribution in [-0.4, -0.2) is 29.5 Å². The van der Waals surface area contributed by atoms with E-state index in [0.29, 0.717) is 30.0 Å². The number of nitrogens with one attached hydrogen (secondary N) is 3. The average molecular weight is 518 g/mol. The van der Waals surface area contributed by atoms with Crippen LogP contribution in [-0.2, 0) is 20.7 Å². The normalized spacial score (nSPS) is 10.3. The Kier molecular flexibility index (Phi) is 10.8. The van der Waals surface area contributed by atoms with E-state index in [9.17, 15) is 14.4 Å². The lowest BCUT2D eigenvalue weighted by molar-refractivity contribution is -0.143. The molecule has 0 aromatic heterocycles. The Bertz CT molecular complexity index is 1220. The first kappa shape index (κ1) is 27.5. The summed E-state index contributed by atoms with van der Waals surface area (Å²) in [6, 6.07) is 24.4. The molecule has 0 fully saturated rings. The van der Waals surface area contributed by atoms with Gasteiger partial charge in [-0.25, -0.2) is 0 Å². The van der Waals surface area contributed by atoms with Gasteiger partial charge in [-0.15, -0.1) is 0 Å². The van der Waals surface area contributed by atoms with Crippen molar-refractivity contribution < 1.29 is 19.1 Å². The first-order valence-corrected chi connectivity index (χ1v) is 12.6. The van der Waals surface area contributed by atoms with E-state index in [2.05, 4.69) is 16.0 Å². The van der Waals surface area contributed by atoms with Gasteiger partial charge >= 0.3 is 5.97 Å². The number of rotatable bonds is 11. The standard InChI is InChI=1S/C29H31N3O4S/c1-21-20-24(17-18-25(21)31-28(35)23-13-6-3-7-14-23)30-29(37)32-26(33)15-8-16-27(34)36-19-9-12-22-10-4-2-5-11-22/h2-7,10-11,13-14,17-18,20H,8-9,12,15-16,19H2,1H3,(H,31,35)(H2,30,32,33,37). The number of thiocarbonyl (C=S) groups is 1. The summed E-state index contributed by atoms with van der Waals surface area (Å²) in [5, 5.41) is 8.64. The fraction of sp³-hybridized carbons (Fsp3) is 0.241. The summed E-state index contributed by atoms with van der Waals surface area (Å²) in [6.45, 7) is 2.23. The van der Waals surface area contributed by atoms with Crippen LogP contribution >= 0.6 is 12.2 Å².